The molecule has 2 atom stereocenters. The van der Waals surface area contributed by atoms with Gasteiger partial charge in [0.1, 0.15) is 6.04 Å². The quantitative estimate of drug-likeness (QED) is 0.887. The second-order valence-electron chi connectivity index (χ2n) is 7.10. The van der Waals surface area contributed by atoms with Gasteiger partial charge in [-0.15, -0.1) is 0 Å². The summed E-state index contributed by atoms with van der Waals surface area (Å²) in [4.78, 5) is 29.7. The number of carboxylic acids is 1. The first-order valence-corrected chi connectivity index (χ1v) is 8.89. The van der Waals surface area contributed by atoms with Crippen molar-refractivity contribution in [2.24, 2.45) is 5.92 Å². The summed E-state index contributed by atoms with van der Waals surface area (Å²) in [5.74, 6) is 0.886. The number of carboxylic acid groups (broad SMARTS) is 1. The second-order valence-corrected chi connectivity index (χ2v) is 7.10. The lowest BCUT2D eigenvalue weighted by molar-refractivity contribution is -0.153. The van der Waals surface area contributed by atoms with Gasteiger partial charge in [-0.25, -0.2) is 4.79 Å². The number of aryl methyl sites for hydroxylation is 1. The fourth-order valence-corrected chi connectivity index (χ4v) is 3.75. The van der Waals surface area contributed by atoms with Gasteiger partial charge in [-0.2, -0.15) is 4.98 Å². The van der Waals surface area contributed by atoms with Gasteiger partial charge in [0.05, 0.1) is 0 Å². The van der Waals surface area contributed by atoms with Crippen molar-refractivity contribution in [1.82, 2.24) is 15.0 Å². The van der Waals surface area contributed by atoms with Crippen LogP contribution in [0.2, 0.25) is 0 Å². The van der Waals surface area contributed by atoms with E-state index >= 15 is 0 Å². The zero-order valence-corrected chi connectivity index (χ0v) is 14.1. The van der Waals surface area contributed by atoms with E-state index in [0.29, 0.717) is 37.1 Å². The van der Waals surface area contributed by atoms with Crippen molar-refractivity contribution >= 4 is 11.9 Å². The number of amides is 1. The molecule has 1 N–H and O–H groups in total. The summed E-state index contributed by atoms with van der Waals surface area (Å²) in [5.41, 5.74) is 0. The van der Waals surface area contributed by atoms with Gasteiger partial charge in [0.25, 0.3) is 0 Å². The summed E-state index contributed by atoms with van der Waals surface area (Å²) in [5, 5.41) is 13.4. The Labute approximate surface area is 141 Å². The van der Waals surface area contributed by atoms with Gasteiger partial charge in [-0.1, -0.05) is 24.9 Å². The van der Waals surface area contributed by atoms with Gasteiger partial charge in [0, 0.05) is 25.3 Å². The van der Waals surface area contributed by atoms with Gasteiger partial charge in [0.15, 0.2) is 5.82 Å². The zero-order valence-electron chi connectivity index (χ0n) is 14.1. The van der Waals surface area contributed by atoms with E-state index in [1.807, 2.05) is 6.92 Å². The third-order valence-electron chi connectivity index (χ3n) is 5.23. The van der Waals surface area contributed by atoms with Gasteiger partial charge in [-0.3, -0.25) is 4.79 Å². The van der Waals surface area contributed by atoms with E-state index in [1.165, 1.54) is 17.7 Å². The molecule has 1 saturated carbocycles. The molecule has 2 unspecified atom stereocenters. The first-order valence-electron chi connectivity index (χ1n) is 8.89. The Morgan fingerprint density at radius 3 is 2.75 bits per heavy atom. The SMILES string of the molecule is CC1CCN(C(=O)CCc2nc(C3CCCC3)no2)C(C(=O)O)C1. The molecular weight excluding hydrogens is 310 g/mol. The molecule has 0 aromatic carbocycles. The summed E-state index contributed by atoms with van der Waals surface area (Å²) in [6.45, 7) is 2.54. The highest BCUT2D eigenvalue weighted by molar-refractivity contribution is 5.84. The van der Waals surface area contributed by atoms with Crippen LogP contribution in [0.3, 0.4) is 0 Å². The average molecular weight is 335 g/mol. The number of hydrogen-bond donors (Lipinski definition) is 1. The first-order chi connectivity index (χ1) is 11.5. The molecule has 1 aromatic rings. The van der Waals surface area contributed by atoms with Crippen molar-refractivity contribution in [1.29, 1.82) is 0 Å². The van der Waals surface area contributed by atoms with Crippen molar-refractivity contribution in [2.75, 3.05) is 6.54 Å². The van der Waals surface area contributed by atoms with Gasteiger partial charge in [0.2, 0.25) is 11.8 Å². The van der Waals surface area contributed by atoms with Crippen LogP contribution >= 0.6 is 0 Å². The number of aliphatic carboxylic acids is 1. The maximum absolute atomic E-state index is 12.4. The normalized spacial score (nSPS) is 25.1. The Kier molecular flexibility index (Phi) is 5.16. The molecule has 2 fully saturated rings. The summed E-state index contributed by atoms with van der Waals surface area (Å²) in [6.07, 6.45) is 6.57. The zero-order chi connectivity index (χ0) is 17.1. The second kappa shape index (κ2) is 7.32. The molecule has 24 heavy (non-hydrogen) atoms. The number of rotatable bonds is 5. The molecule has 0 radical (unpaired) electrons. The molecule has 132 valence electrons. The number of hydrogen-bond acceptors (Lipinski definition) is 5. The molecule has 7 nitrogen and oxygen atoms in total. The Balaban J connectivity index is 1.55. The summed E-state index contributed by atoms with van der Waals surface area (Å²) >= 11 is 0. The lowest BCUT2D eigenvalue weighted by atomic mass is 9.92. The summed E-state index contributed by atoms with van der Waals surface area (Å²) in [7, 11) is 0. The molecular formula is C17H25N3O4. The first kappa shape index (κ1) is 16.9. The topological polar surface area (TPSA) is 96.5 Å². The maximum atomic E-state index is 12.4. The van der Waals surface area contributed by atoms with Crippen LogP contribution in [0.15, 0.2) is 4.52 Å². The van der Waals surface area contributed by atoms with Gasteiger partial charge >= 0.3 is 5.97 Å². The molecule has 2 aliphatic rings. The minimum absolute atomic E-state index is 0.144. The molecule has 1 amide bonds. The van der Waals surface area contributed by atoms with Crippen LogP contribution in [0.5, 0.6) is 0 Å². The Morgan fingerprint density at radius 1 is 1.29 bits per heavy atom. The fraction of sp³-hybridized carbons (Fsp3) is 0.765. The highest BCUT2D eigenvalue weighted by Crippen LogP contribution is 2.32. The number of piperidine rings is 1. The number of nitrogens with zero attached hydrogens (tertiary/aromatic N) is 3. The van der Waals surface area contributed by atoms with Crippen LogP contribution in [-0.4, -0.2) is 44.6 Å². The molecule has 2 heterocycles. The molecule has 1 saturated heterocycles. The van der Waals surface area contributed by atoms with Crippen molar-refractivity contribution in [2.45, 2.75) is 70.3 Å². The highest BCUT2D eigenvalue weighted by atomic mass is 16.5. The summed E-state index contributed by atoms with van der Waals surface area (Å²) < 4.78 is 5.26. The molecule has 1 aliphatic heterocycles. The highest BCUT2D eigenvalue weighted by Gasteiger charge is 2.34. The molecule has 1 aliphatic carbocycles. The van der Waals surface area contributed by atoms with Crippen LogP contribution in [0.1, 0.15) is 69.5 Å². The van der Waals surface area contributed by atoms with E-state index in [-0.39, 0.29) is 12.3 Å². The van der Waals surface area contributed by atoms with E-state index in [0.717, 1.165) is 25.1 Å². The Bertz CT molecular complexity index is 594. The van der Waals surface area contributed by atoms with E-state index in [1.54, 1.807) is 0 Å². The number of carbonyl (C=O) groups excluding carboxylic acids is 1. The van der Waals surface area contributed by atoms with Crippen LogP contribution in [0.25, 0.3) is 0 Å². The third-order valence-corrected chi connectivity index (χ3v) is 5.23. The van der Waals surface area contributed by atoms with Crippen LogP contribution in [0.4, 0.5) is 0 Å². The minimum Gasteiger partial charge on any atom is -0.480 e. The van der Waals surface area contributed by atoms with Crippen LogP contribution < -0.4 is 0 Å². The number of carbonyl (C=O) groups is 2. The van der Waals surface area contributed by atoms with Crippen molar-refractivity contribution in [3.63, 3.8) is 0 Å². The minimum atomic E-state index is -0.920. The van der Waals surface area contributed by atoms with Gasteiger partial charge in [-0.05, 0) is 31.6 Å². The predicted molar refractivity (Wildman–Crippen MR) is 85.4 cm³/mol. The molecule has 3 rings (SSSR count). The van der Waals surface area contributed by atoms with Crippen molar-refractivity contribution in [3.8, 4) is 0 Å². The van der Waals surface area contributed by atoms with E-state index < -0.39 is 12.0 Å². The van der Waals surface area contributed by atoms with Crippen molar-refractivity contribution < 1.29 is 19.2 Å². The summed E-state index contributed by atoms with van der Waals surface area (Å²) in [6, 6.07) is -0.710. The molecule has 0 bridgehead atoms. The number of aromatic nitrogens is 2. The van der Waals surface area contributed by atoms with E-state index in [4.69, 9.17) is 4.52 Å². The predicted octanol–water partition coefficient (Wildman–Crippen LogP) is 2.37. The largest absolute Gasteiger partial charge is 0.480 e. The molecule has 1 aromatic heterocycles. The van der Waals surface area contributed by atoms with Gasteiger partial charge < -0.3 is 14.5 Å². The standard InChI is InChI=1S/C17H25N3O4/c1-11-8-9-20(13(10-11)17(22)23)15(21)7-6-14-18-16(19-24-14)12-4-2-3-5-12/h11-13H,2-10H2,1H3,(H,22,23). The Hall–Kier alpha value is -1.92. The van der Waals surface area contributed by atoms with E-state index in [2.05, 4.69) is 10.1 Å². The molecule has 7 heteroatoms. The van der Waals surface area contributed by atoms with Crippen molar-refractivity contribution in [3.05, 3.63) is 11.7 Å². The lowest BCUT2D eigenvalue weighted by Crippen LogP contribution is -2.49. The third kappa shape index (κ3) is 3.76. The average Bonchev–Trinajstić information content (AvgIpc) is 3.23. The van der Waals surface area contributed by atoms with E-state index in [9.17, 15) is 14.7 Å². The Morgan fingerprint density at radius 2 is 2.04 bits per heavy atom. The maximum Gasteiger partial charge on any atom is 0.326 e. The van der Waals surface area contributed by atoms with Crippen LogP contribution in [-0.2, 0) is 16.0 Å². The monoisotopic (exact) mass is 335 g/mol. The van der Waals surface area contributed by atoms with Crippen LogP contribution in [0, 0.1) is 5.92 Å². The lowest BCUT2D eigenvalue weighted by Gasteiger charge is -2.36. The fourth-order valence-electron chi connectivity index (χ4n) is 3.75. The molecule has 0 spiro atoms. The smallest absolute Gasteiger partial charge is 0.326 e. The number of likely N-dealkylation sites (tertiary alicyclic amines) is 1.